The van der Waals surface area contributed by atoms with Crippen LogP contribution in [0.3, 0.4) is 0 Å². The SMILES string of the molecule is O=C(OC[C@H](C1CCNCC1)n1c(-c2ccccc2)nc2ccccc21)C1CCN(c2nc3ccccc3n2Cc2ccccc2)CC1. The normalized spacial score (nSPS) is 16.8. The van der Waals surface area contributed by atoms with Gasteiger partial charge in [0, 0.05) is 18.7 Å². The molecule has 4 aromatic carbocycles. The molecule has 8 heteroatoms. The molecule has 0 bridgehead atoms. The maximum Gasteiger partial charge on any atom is 0.309 e. The van der Waals surface area contributed by atoms with Crippen LogP contribution in [0.5, 0.6) is 0 Å². The summed E-state index contributed by atoms with van der Waals surface area (Å²) in [5, 5.41) is 3.51. The predicted molar refractivity (Wildman–Crippen MR) is 191 cm³/mol. The summed E-state index contributed by atoms with van der Waals surface area (Å²) in [7, 11) is 0. The summed E-state index contributed by atoms with van der Waals surface area (Å²) in [6.45, 7) is 4.56. The number of aromatic nitrogens is 4. The van der Waals surface area contributed by atoms with Crippen LogP contribution >= 0.6 is 0 Å². The van der Waals surface area contributed by atoms with Crippen molar-refractivity contribution in [3.63, 3.8) is 0 Å². The lowest BCUT2D eigenvalue weighted by atomic mass is 9.89. The van der Waals surface area contributed by atoms with Gasteiger partial charge in [-0.25, -0.2) is 9.97 Å². The molecule has 244 valence electrons. The Morgan fingerprint density at radius 2 is 1.38 bits per heavy atom. The van der Waals surface area contributed by atoms with Gasteiger partial charge < -0.3 is 24.1 Å². The van der Waals surface area contributed by atoms with E-state index in [4.69, 9.17) is 14.7 Å². The van der Waals surface area contributed by atoms with Gasteiger partial charge in [-0.15, -0.1) is 0 Å². The Kier molecular flexibility index (Phi) is 8.64. The third kappa shape index (κ3) is 6.08. The maximum absolute atomic E-state index is 13.8. The molecule has 2 aromatic heterocycles. The van der Waals surface area contributed by atoms with Crippen LogP contribution in [0, 0.1) is 11.8 Å². The summed E-state index contributed by atoms with van der Waals surface area (Å²) in [6, 6.07) is 37.6. The molecule has 2 saturated heterocycles. The van der Waals surface area contributed by atoms with Crippen molar-refractivity contribution in [2.24, 2.45) is 11.8 Å². The highest BCUT2D eigenvalue weighted by atomic mass is 16.5. The average Bonchev–Trinajstić information content (AvgIpc) is 3.72. The molecule has 8 nitrogen and oxygen atoms in total. The highest BCUT2D eigenvalue weighted by Crippen LogP contribution is 2.36. The van der Waals surface area contributed by atoms with E-state index in [0.29, 0.717) is 12.5 Å². The number of nitrogens with zero attached hydrogens (tertiary/aromatic N) is 5. The minimum Gasteiger partial charge on any atom is -0.463 e. The second-order valence-corrected chi connectivity index (χ2v) is 13.2. The summed E-state index contributed by atoms with van der Waals surface area (Å²) in [5.74, 6) is 2.06. The van der Waals surface area contributed by atoms with Crippen LogP contribution in [-0.2, 0) is 16.1 Å². The van der Waals surface area contributed by atoms with Gasteiger partial charge in [0.05, 0.1) is 40.6 Å². The topological polar surface area (TPSA) is 77.2 Å². The highest BCUT2D eigenvalue weighted by molar-refractivity contribution is 5.81. The Morgan fingerprint density at radius 3 is 2.10 bits per heavy atom. The van der Waals surface area contributed by atoms with E-state index < -0.39 is 0 Å². The molecule has 0 saturated carbocycles. The first kappa shape index (κ1) is 30.4. The van der Waals surface area contributed by atoms with Gasteiger partial charge in [0.2, 0.25) is 5.95 Å². The molecule has 0 spiro atoms. The van der Waals surface area contributed by atoms with Gasteiger partial charge in [0.1, 0.15) is 12.4 Å². The summed E-state index contributed by atoms with van der Waals surface area (Å²) in [6.07, 6.45) is 3.56. The summed E-state index contributed by atoms with van der Waals surface area (Å²) < 4.78 is 11.0. The molecule has 4 heterocycles. The predicted octanol–water partition coefficient (Wildman–Crippen LogP) is 7.10. The molecular formula is C40H42N6O2. The average molecular weight is 639 g/mol. The van der Waals surface area contributed by atoms with Gasteiger partial charge in [0.15, 0.2) is 0 Å². The van der Waals surface area contributed by atoms with Crippen molar-refractivity contribution in [2.75, 3.05) is 37.7 Å². The van der Waals surface area contributed by atoms with Gasteiger partial charge in [-0.2, -0.15) is 0 Å². The van der Waals surface area contributed by atoms with Crippen molar-refractivity contribution < 1.29 is 9.53 Å². The quantitative estimate of drug-likeness (QED) is 0.170. The van der Waals surface area contributed by atoms with E-state index >= 15 is 0 Å². The van der Waals surface area contributed by atoms with Crippen molar-refractivity contribution in [1.29, 1.82) is 0 Å². The molecule has 8 rings (SSSR count). The Labute approximate surface area is 281 Å². The van der Waals surface area contributed by atoms with E-state index in [1.165, 1.54) is 5.56 Å². The first-order valence-corrected chi connectivity index (χ1v) is 17.4. The number of hydrogen-bond acceptors (Lipinski definition) is 6. The summed E-state index contributed by atoms with van der Waals surface area (Å²) in [4.78, 5) is 26.3. The minimum atomic E-state index is -0.130. The van der Waals surface area contributed by atoms with Crippen LogP contribution in [0.2, 0.25) is 0 Å². The highest BCUT2D eigenvalue weighted by Gasteiger charge is 2.33. The van der Waals surface area contributed by atoms with Crippen molar-refractivity contribution in [1.82, 2.24) is 24.4 Å². The molecule has 0 unspecified atom stereocenters. The number of ether oxygens (including phenoxy) is 1. The lowest BCUT2D eigenvalue weighted by Gasteiger charge is -2.34. The lowest BCUT2D eigenvalue weighted by molar-refractivity contribution is -0.151. The number of hydrogen-bond donors (Lipinski definition) is 1. The van der Waals surface area contributed by atoms with Crippen LogP contribution < -0.4 is 10.2 Å². The van der Waals surface area contributed by atoms with Gasteiger partial charge in [-0.3, -0.25) is 4.79 Å². The monoisotopic (exact) mass is 638 g/mol. The zero-order valence-electron chi connectivity index (χ0n) is 27.2. The lowest BCUT2D eigenvalue weighted by Crippen LogP contribution is -2.39. The van der Waals surface area contributed by atoms with E-state index in [-0.39, 0.29) is 17.9 Å². The fourth-order valence-corrected chi connectivity index (χ4v) is 7.65. The van der Waals surface area contributed by atoms with Crippen molar-refractivity contribution in [3.8, 4) is 11.4 Å². The van der Waals surface area contributed by atoms with Crippen molar-refractivity contribution >= 4 is 34.0 Å². The second-order valence-electron chi connectivity index (χ2n) is 13.2. The third-order valence-corrected chi connectivity index (χ3v) is 10.2. The van der Waals surface area contributed by atoms with Gasteiger partial charge in [0.25, 0.3) is 0 Å². The van der Waals surface area contributed by atoms with Crippen LogP contribution in [0.15, 0.2) is 109 Å². The Bertz CT molecular complexity index is 1990. The van der Waals surface area contributed by atoms with Crippen LogP contribution in [0.25, 0.3) is 33.5 Å². The molecule has 1 N–H and O–H groups in total. The van der Waals surface area contributed by atoms with E-state index in [9.17, 15) is 4.79 Å². The fourth-order valence-electron chi connectivity index (χ4n) is 7.65. The van der Waals surface area contributed by atoms with Crippen molar-refractivity contribution in [2.45, 2.75) is 38.3 Å². The number of para-hydroxylation sites is 4. The molecule has 0 radical (unpaired) electrons. The maximum atomic E-state index is 13.8. The molecule has 48 heavy (non-hydrogen) atoms. The van der Waals surface area contributed by atoms with Gasteiger partial charge in [-0.1, -0.05) is 84.9 Å². The van der Waals surface area contributed by atoms with E-state index in [2.05, 4.69) is 110 Å². The first-order valence-electron chi connectivity index (χ1n) is 17.4. The summed E-state index contributed by atoms with van der Waals surface area (Å²) in [5.41, 5.74) is 6.49. The summed E-state index contributed by atoms with van der Waals surface area (Å²) >= 11 is 0. The Hall–Kier alpha value is -4.95. The third-order valence-electron chi connectivity index (χ3n) is 10.2. The number of nitrogens with one attached hydrogen (secondary N) is 1. The zero-order chi connectivity index (χ0) is 32.3. The molecule has 2 aliphatic heterocycles. The number of rotatable bonds is 9. The molecule has 1 atom stereocenters. The number of fused-ring (bicyclic) bond motifs is 2. The number of piperidine rings is 2. The van der Waals surface area contributed by atoms with Crippen LogP contribution in [-0.4, -0.2) is 57.9 Å². The van der Waals surface area contributed by atoms with Gasteiger partial charge in [-0.05, 0) is 74.5 Å². The van der Waals surface area contributed by atoms with Crippen LogP contribution in [0.1, 0.15) is 37.3 Å². The zero-order valence-corrected chi connectivity index (χ0v) is 27.2. The van der Waals surface area contributed by atoms with Crippen molar-refractivity contribution in [3.05, 3.63) is 115 Å². The van der Waals surface area contributed by atoms with E-state index in [0.717, 1.165) is 97.8 Å². The first-order chi connectivity index (χ1) is 23.7. The molecule has 6 aromatic rings. The number of anilines is 1. The largest absolute Gasteiger partial charge is 0.463 e. The number of benzene rings is 4. The van der Waals surface area contributed by atoms with Gasteiger partial charge >= 0.3 is 5.97 Å². The van der Waals surface area contributed by atoms with E-state index in [1.54, 1.807) is 0 Å². The molecular weight excluding hydrogens is 596 g/mol. The molecule has 2 aliphatic rings. The van der Waals surface area contributed by atoms with Crippen LogP contribution in [0.4, 0.5) is 5.95 Å². The molecule has 2 fully saturated rings. The fraction of sp³-hybridized carbons (Fsp3) is 0.325. The number of carbonyl (C=O) groups excluding carboxylic acids is 1. The Morgan fingerprint density at radius 1 is 0.750 bits per heavy atom. The second kappa shape index (κ2) is 13.6. The number of imidazole rings is 2. The number of esters is 1. The number of carbonyl (C=O) groups is 1. The standard InChI is InChI=1S/C40H42N6O2/c47-39(32-21-25-44(26-22-32)40-43-33-15-7-9-17-35(33)45(40)27-29-11-3-1-4-12-29)48-28-37(30-19-23-41-24-20-30)46-36-18-10-8-16-34(36)42-38(46)31-13-5-2-6-14-31/h1-18,30,32,37,41H,19-28H2/t37-/m1/s1. The van der Waals surface area contributed by atoms with E-state index in [1.807, 2.05) is 18.2 Å². The smallest absolute Gasteiger partial charge is 0.309 e. The Balaban J connectivity index is 1.01. The molecule has 0 amide bonds. The molecule has 0 aliphatic carbocycles. The minimum absolute atomic E-state index is 0.00311.